The third kappa shape index (κ3) is 2.24. The molecular formula is C8H12ClNO. The van der Waals surface area contributed by atoms with Crippen LogP contribution in [0.15, 0.2) is 16.5 Å². The Labute approximate surface area is 71.3 Å². The molecular weight excluding hydrogens is 162 g/mol. The van der Waals surface area contributed by atoms with Gasteiger partial charge in [0.1, 0.15) is 5.76 Å². The van der Waals surface area contributed by atoms with Crippen molar-refractivity contribution in [1.29, 1.82) is 0 Å². The molecule has 2 nitrogen and oxygen atoms in total. The Bertz CT molecular complexity index is 222. The van der Waals surface area contributed by atoms with Gasteiger partial charge in [0.05, 0.1) is 0 Å². The minimum Gasteiger partial charge on any atom is -0.449 e. The second-order valence-corrected chi connectivity index (χ2v) is 2.99. The van der Waals surface area contributed by atoms with Gasteiger partial charge in [-0.25, -0.2) is 0 Å². The van der Waals surface area contributed by atoms with Crippen molar-refractivity contribution in [2.45, 2.75) is 19.3 Å². The third-order valence-corrected chi connectivity index (χ3v) is 1.88. The molecule has 2 N–H and O–H groups in total. The second kappa shape index (κ2) is 3.79. The standard InChI is InChI=1S/C8H12ClNO/c1-6(4-5-10)7-2-3-8(9)11-7/h2-3,6H,4-5,10H2,1H3. The molecule has 11 heavy (non-hydrogen) atoms. The van der Waals surface area contributed by atoms with E-state index in [0.29, 0.717) is 17.7 Å². The topological polar surface area (TPSA) is 39.2 Å². The Balaban J connectivity index is 2.60. The van der Waals surface area contributed by atoms with Crippen molar-refractivity contribution in [2.24, 2.45) is 5.73 Å². The second-order valence-electron chi connectivity index (χ2n) is 2.62. The van der Waals surface area contributed by atoms with Crippen molar-refractivity contribution < 1.29 is 4.42 Å². The molecule has 1 aromatic rings. The predicted molar refractivity (Wildman–Crippen MR) is 45.8 cm³/mol. The van der Waals surface area contributed by atoms with Crippen molar-refractivity contribution in [3.05, 3.63) is 23.1 Å². The average molecular weight is 174 g/mol. The third-order valence-electron chi connectivity index (χ3n) is 1.68. The molecule has 1 heterocycles. The van der Waals surface area contributed by atoms with Gasteiger partial charge >= 0.3 is 0 Å². The van der Waals surface area contributed by atoms with Gasteiger partial charge in [-0.2, -0.15) is 0 Å². The quantitative estimate of drug-likeness (QED) is 0.763. The lowest BCUT2D eigenvalue weighted by molar-refractivity contribution is 0.465. The largest absolute Gasteiger partial charge is 0.449 e. The zero-order valence-electron chi connectivity index (χ0n) is 6.51. The van der Waals surface area contributed by atoms with Crippen molar-refractivity contribution in [3.8, 4) is 0 Å². The summed E-state index contributed by atoms with van der Waals surface area (Å²) in [5.41, 5.74) is 5.40. The molecule has 0 amide bonds. The summed E-state index contributed by atoms with van der Waals surface area (Å²) in [6, 6.07) is 3.65. The average Bonchev–Trinajstić information content (AvgIpc) is 2.36. The maximum atomic E-state index is 5.61. The van der Waals surface area contributed by atoms with Gasteiger partial charge in [0, 0.05) is 5.92 Å². The molecule has 0 aliphatic heterocycles. The molecule has 1 aromatic heterocycles. The van der Waals surface area contributed by atoms with Crippen LogP contribution in [0.5, 0.6) is 0 Å². The Morgan fingerprint density at radius 1 is 1.64 bits per heavy atom. The van der Waals surface area contributed by atoms with Gasteiger partial charge in [0.15, 0.2) is 5.22 Å². The highest BCUT2D eigenvalue weighted by atomic mass is 35.5. The summed E-state index contributed by atoms with van der Waals surface area (Å²) >= 11 is 5.61. The molecule has 0 aromatic carbocycles. The smallest absolute Gasteiger partial charge is 0.193 e. The van der Waals surface area contributed by atoms with E-state index in [-0.39, 0.29) is 0 Å². The van der Waals surface area contributed by atoms with Gasteiger partial charge < -0.3 is 10.2 Å². The van der Waals surface area contributed by atoms with E-state index in [2.05, 4.69) is 6.92 Å². The number of nitrogens with two attached hydrogens (primary N) is 1. The lowest BCUT2D eigenvalue weighted by Crippen LogP contribution is -2.03. The van der Waals surface area contributed by atoms with Crippen LogP contribution in [-0.4, -0.2) is 6.54 Å². The normalized spacial score (nSPS) is 13.4. The summed E-state index contributed by atoms with van der Waals surface area (Å²) in [6.07, 6.45) is 0.934. The van der Waals surface area contributed by atoms with Crippen molar-refractivity contribution >= 4 is 11.6 Å². The van der Waals surface area contributed by atoms with E-state index in [1.807, 2.05) is 6.07 Å². The molecule has 0 saturated carbocycles. The molecule has 0 spiro atoms. The Morgan fingerprint density at radius 2 is 2.36 bits per heavy atom. The summed E-state index contributed by atoms with van der Waals surface area (Å²) in [6.45, 7) is 2.75. The van der Waals surface area contributed by atoms with Gasteiger partial charge in [0.25, 0.3) is 0 Å². The fourth-order valence-electron chi connectivity index (χ4n) is 0.985. The fraction of sp³-hybridized carbons (Fsp3) is 0.500. The zero-order chi connectivity index (χ0) is 8.27. The SMILES string of the molecule is CC(CCN)c1ccc(Cl)o1. The van der Waals surface area contributed by atoms with Crippen LogP contribution in [0.25, 0.3) is 0 Å². The van der Waals surface area contributed by atoms with Crippen molar-refractivity contribution in [2.75, 3.05) is 6.54 Å². The van der Waals surface area contributed by atoms with Gasteiger partial charge in [-0.1, -0.05) is 6.92 Å². The first kappa shape index (κ1) is 8.62. The van der Waals surface area contributed by atoms with Gasteiger partial charge in [-0.15, -0.1) is 0 Å². The summed E-state index contributed by atoms with van der Waals surface area (Å²) in [5, 5.41) is 0.448. The summed E-state index contributed by atoms with van der Waals surface area (Å²) in [5.74, 6) is 1.29. The van der Waals surface area contributed by atoms with Crippen LogP contribution in [0, 0.1) is 0 Å². The van der Waals surface area contributed by atoms with Gasteiger partial charge in [-0.3, -0.25) is 0 Å². The molecule has 62 valence electrons. The number of hydrogen-bond donors (Lipinski definition) is 1. The van der Waals surface area contributed by atoms with Crippen molar-refractivity contribution in [3.63, 3.8) is 0 Å². The molecule has 0 radical (unpaired) electrons. The molecule has 1 atom stereocenters. The fourth-order valence-corrected chi connectivity index (χ4v) is 1.14. The highest BCUT2D eigenvalue weighted by Gasteiger charge is 2.07. The maximum absolute atomic E-state index is 5.61. The Kier molecular flexibility index (Phi) is 2.97. The molecule has 0 fully saturated rings. The molecule has 1 unspecified atom stereocenters. The number of furan rings is 1. The van der Waals surface area contributed by atoms with E-state index >= 15 is 0 Å². The van der Waals surface area contributed by atoms with Gasteiger partial charge in [-0.05, 0) is 36.7 Å². The molecule has 3 heteroatoms. The zero-order valence-corrected chi connectivity index (χ0v) is 7.27. The molecule has 0 bridgehead atoms. The highest BCUT2D eigenvalue weighted by Crippen LogP contribution is 2.22. The predicted octanol–water partition coefficient (Wildman–Crippen LogP) is 2.39. The number of halogens is 1. The van der Waals surface area contributed by atoms with E-state index in [4.69, 9.17) is 21.8 Å². The molecule has 1 rings (SSSR count). The van der Waals surface area contributed by atoms with E-state index in [1.165, 1.54) is 0 Å². The lowest BCUT2D eigenvalue weighted by atomic mass is 10.1. The Morgan fingerprint density at radius 3 is 2.82 bits per heavy atom. The van der Waals surface area contributed by atoms with Crippen LogP contribution in [0.2, 0.25) is 5.22 Å². The number of rotatable bonds is 3. The van der Waals surface area contributed by atoms with Crippen LogP contribution in [0.1, 0.15) is 25.0 Å². The monoisotopic (exact) mass is 173 g/mol. The maximum Gasteiger partial charge on any atom is 0.193 e. The summed E-state index contributed by atoms with van der Waals surface area (Å²) in [4.78, 5) is 0. The molecule has 0 aliphatic carbocycles. The van der Waals surface area contributed by atoms with Crippen LogP contribution in [-0.2, 0) is 0 Å². The summed E-state index contributed by atoms with van der Waals surface area (Å²) in [7, 11) is 0. The lowest BCUT2D eigenvalue weighted by Gasteiger charge is -2.04. The van der Waals surface area contributed by atoms with Crippen LogP contribution >= 0.6 is 11.6 Å². The molecule has 0 saturated heterocycles. The van der Waals surface area contributed by atoms with Crippen LogP contribution in [0.4, 0.5) is 0 Å². The van der Waals surface area contributed by atoms with E-state index in [1.54, 1.807) is 6.07 Å². The first-order valence-corrected chi connectivity index (χ1v) is 4.07. The number of hydrogen-bond acceptors (Lipinski definition) is 2. The van der Waals surface area contributed by atoms with E-state index in [0.717, 1.165) is 12.2 Å². The van der Waals surface area contributed by atoms with Crippen LogP contribution in [0.3, 0.4) is 0 Å². The summed E-state index contributed by atoms with van der Waals surface area (Å²) < 4.78 is 5.21. The van der Waals surface area contributed by atoms with E-state index in [9.17, 15) is 0 Å². The van der Waals surface area contributed by atoms with Crippen molar-refractivity contribution in [1.82, 2.24) is 0 Å². The molecule has 0 aliphatic rings. The van der Waals surface area contributed by atoms with Gasteiger partial charge in [0.2, 0.25) is 0 Å². The Hall–Kier alpha value is -0.470. The first-order valence-electron chi connectivity index (χ1n) is 3.69. The van der Waals surface area contributed by atoms with E-state index < -0.39 is 0 Å². The first-order chi connectivity index (χ1) is 5.24. The minimum absolute atomic E-state index is 0.368. The minimum atomic E-state index is 0.368. The highest BCUT2D eigenvalue weighted by molar-refractivity contribution is 6.28. The van der Waals surface area contributed by atoms with Crippen LogP contribution < -0.4 is 5.73 Å².